The predicted octanol–water partition coefficient (Wildman–Crippen LogP) is -0.737. The van der Waals surface area contributed by atoms with Gasteiger partial charge in [0.15, 0.2) is 6.61 Å². The Kier molecular flexibility index (Phi) is 4.12. The predicted molar refractivity (Wildman–Crippen MR) is 71.4 cm³/mol. The van der Waals surface area contributed by atoms with Crippen molar-refractivity contribution in [3.8, 4) is 11.5 Å². The van der Waals surface area contributed by atoms with E-state index >= 15 is 0 Å². The average Bonchev–Trinajstić information content (AvgIpc) is 2.43. The zero-order valence-corrected chi connectivity index (χ0v) is 11.6. The largest absolute Gasteiger partial charge is 0.495 e. The van der Waals surface area contributed by atoms with Crippen molar-refractivity contribution >= 4 is 21.6 Å². The number of ether oxygens (including phenoxy) is 2. The second-order valence-corrected chi connectivity index (χ2v) is 5.76. The van der Waals surface area contributed by atoms with Crippen LogP contribution in [0.15, 0.2) is 17.0 Å². The van der Waals surface area contributed by atoms with Crippen LogP contribution in [-0.2, 0) is 14.8 Å². The summed E-state index contributed by atoms with van der Waals surface area (Å²) in [4.78, 5) is 11.2. The maximum Gasteiger partial charge on any atom is 0.262 e. The van der Waals surface area contributed by atoms with E-state index in [4.69, 9.17) is 15.2 Å². The van der Waals surface area contributed by atoms with Crippen molar-refractivity contribution in [1.29, 1.82) is 0 Å². The van der Waals surface area contributed by atoms with Crippen molar-refractivity contribution < 1.29 is 22.7 Å². The van der Waals surface area contributed by atoms with Crippen LogP contribution in [0.25, 0.3) is 0 Å². The summed E-state index contributed by atoms with van der Waals surface area (Å²) >= 11 is 0. The Morgan fingerprint density at radius 1 is 1.50 bits per heavy atom. The van der Waals surface area contributed by atoms with E-state index < -0.39 is 10.0 Å². The number of anilines is 1. The number of nitrogens with one attached hydrogen (secondary N) is 2. The van der Waals surface area contributed by atoms with Gasteiger partial charge in [0.2, 0.25) is 10.0 Å². The smallest absolute Gasteiger partial charge is 0.262 e. The van der Waals surface area contributed by atoms with Crippen LogP contribution in [0.4, 0.5) is 5.69 Å². The van der Waals surface area contributed by atoms with Crippen LogP contribution in [0.2, 0.25) is 0 Å². The Morgan fingerprint density at radius 3 is 2.90 bits per heavy atom. The minimum absolute atomic E-state index is 0.0663. The number of hydrogen-bond donors (Lipinski definition) is 3. The molecule has 0 radical (unpaired) electrons. The van der Waals surface area contributed by atoms with Crippen molar-refractivity contribution in [2.75, 3.05) is 32.1 Å². The van der Waals surface area contributed by atoms with Crippen LogP contribution < -0.4 is 25.2 Å². The van der Waals surface area contributed by atoms with Crippen molar-refractivity contribution in [2.24, 2.45) is 5.73 Å². The highest BCUT2D eigenvalue weighted by Gasteiger charge is 2.25. The molecule has 4 N–H and O–H groups in total. The monoisotopic (exact) mass is 301 g/mol. The summed E-state index contributed by atoms with van der Waals surface area (Å²) in [5.41, 5.74) is 5.65. The third kappa shape index (κ3) is 2.84. The molecule has 0 saturated heterocycles. The Morgan fingerprint density at radius 2 is 2.25 bits per heavy atom. The molecule has 1 amide bonds. The molecule has 0 bridgehead atoms. The van der Waals surface area contributed by atoms with Gasteiger partial charge in [-0.3, -0.25) is 4.79 Å². The van der Waals surface area contributed by atoms with E-state index in [2.05, 4.69) is 10.0 Å². The topological polar surface area (TPSA) is 120 Å². The highest BCUT2D eigenvalue weighted by molar-refractivity contribution is 7.89. The number of benzene rings is 1. The Labute approximate surface area is 116 Å². The Hall–Kier alpha value is -1.84. The van der Waals surface area contributed by atoms with Gasteiger partial charge in [-0.05, 0) is 0 Å². The van der Waals surface area contributed by atoms with Gasteiger partial charge >= 0.3 is 0 Å². The van der Waals surface area contributed by atoms with E-state index in [1.165, 1.54) is 19.2 Å². The molecule has 8 nitrogen and oxygen atoms in total. The molecule has 20 heavy (non-hydrogen) atoms. The average molecular weight is 301 g/mol. The molecule has 0 unspecified atom stereocenters. The number of sulfonamides is 1. The Bertz CT molecular complexity index is 629. The number of nitrogens with two attached hydrogens (primary N) is 1. The lowest BCUT2D eigenvalue weighted by Crippen LogP contribution is -2.30. The molecule has 0 spiro atoms. The first-order chi connectivity index (χ1) is 9.47. The molecule has 1 heterocycles. The minimum Gasteiger partial charge on any atom is -0.495 e. The fraction of sp³-hybridized carbons (Fsp3) is 0.364. The van der Waals surface area contributed by atoms with Crippen LogP contribution in [0, 0.1) is 0 Å². The molecule has 0 aromatic heterocycles. The van der Waals surface area contributed by atoms with Crippen LogP contribution in [0.5, 0.6) is 11.5 Å². The molecular weight excluding hydrogens is 286 g/mol. The highest BCUT2D eigenvalue weighted by Crippen LogP contribution is 2.36. The summed E-state index contributed by atoms with van der Waals surface area (Å²) in [7, 11) is -2.42. The number of amides is 1. The van der Waals surface area contributed by atoms with E-state index in [9.17, 15) is 13.2 Å². The first-order valence-corrected chi connectivity index (χ1v) is 7.30. The molecule has 1 aromatic rings. The lowest BCUT2D eigenvalue weighted by molar-refractivity contribution is -0.118. The summed E-state index contributed by atoms with van der Waals surface area (Å²) in [6, 6.07) is 2.72. The summed E-state index contributed by atoms with van der Waals surface area (Å²) in [5, 5.41) is 2.58. The van der Waals surface area contributed by atoms with Gasteiger partial charge in [0, 0.05) is 25.2 Å². The molecule has 0 aliphatic carbocycles. The molecular formula is C11H15N3O5S. The van der Waals surface area contributed by atoms with Gasteiger partial charge in [-0.2, -0.15) is 0 Å². The molecule has 0 saturated carbocycles. The van der Waals surface area contributed by atoms with Gasteiger partial charge in [-0.15, -0.1) is 0 Å². The van der Waals surface area contributed by atoms with Gasteiger partial charge in [0.1, 0.15) is 16.4 Å². The van der Waals surface area contributed by atoms with Gasteiger partial charge in [0.05, 0.1) is 12.8 Å². The number of hydrogen-bond acceptors (Lipinski definition) is 6. The van der Waals surface area contributed by atoms with Crippen molar-refractivity contribution in [3.05, 3.63) is 12.1 Å². The van der Waals surface area contributed by atoms with Gasteiger partial charge in [-0.1, -0.05) is 0 Å². The third-order valence-corrected chi connectivity index (χ3v) is 4.11. The number of carbonyl (C=O) groups is 1. The molecule has 0 atom stereocenters. The molecule has 1 aromatic carbocycles. The van der Waals surface area contributed by atoms with Crippen LogP contribution in [-0.4, -0.2) is 41.1 Å². The normalized spacial score (nSPS) is 14.2. The highest BCUT2D eigenvalue weighted by atomic mass is 32.2. The minimum atomic E-state index is -3.76. The van der Waals surface area contributed by atoms with E-state index in [1.807, 2.05) is 0 Å². The molecule has 110 valence electrons. The second-order valence-electron chi connectivity index (χ2n) is 4.02. The fourth-order valence-corrected chi connectivity index (χ4v) is 2.94. The van der Waals surface area contributed by atoms with Crippen LogP contribution in [0.3, 0.4) is 0 Å². The van der Waals surface area contributed by atoms with Crippen molar-refractivity contribution in [3.63, 3.8) is 0 Å². The van der Waals surface area contributed by atoms with E-state index in [0.717, 1.165) is 0 Å². The number of carbonyl (C=O) groups excluding carboxylic acids is 1. The van der Waals surface area contributed by atoms with E-state index in [-0.39, 0.29) is 42.0 Å². The fourth-order valence-electron chi connectivity index (χ4n) is 1.73. The maximum atomic E-state index is 12.1. The lowest BCUT2D eigenvalue weighted by atomic mass is 10.2. The number of fused-ring (bicyclic) bond motifs is 1. The first kappa shape index (κ1) is 14.6. The summed E-state index contributed by atoms with van der Waals surface area (Å²) < 4.78 is 36.8. The zero-order valence-electron chi connectivity index (χ0n) is 10.8. The summed E-state index contributed by atoms with van der Waals surface area (Å²) in [6.45, 7) is 0.133. The zero-order chi connectivity index (χ0) is 14.8. The maximum absolute atomic E-state index is 12.1. The lowest BCUT2D eigenvalue weighted by Gasteiger charge is -2.20. The molecule has 1 aliphatic heterocycles. The molecule has 0 fully saturated rings. The van der Waals surface area contributed by atoms with Crippen LogP contribution in [0.1, 0.15) is 0 Å². The van der Waals surface area contributed by atoms with E-state index in [0.29, 0.717) is 5.69 Å². The third-order valence-electron chi connectivity index (χ3n) is 2.62. The number of methoxy groups -OCH3 is 1. The van der Waals surface area contributed by atoms with Gasteiger partial charge in [0.25, 0.3) is 5.91 Å². The second kappa shape index (κ2) is 5.65. The summed E-state index contributed by atoms with van der Waals surface area (Å²) in [6.07, 6.45) is 0. The molecule has 1 aliphatic rings. The summed E-state index contributed by atoms with van der Waals surface area (Å²) in [5.74, 6) is 0.0778. The standard InChI is InChI=1S/C11H15N3O5S/c1-18-9-4-7-8(19-6-11(15)14-7)5-10(9)20(16,17)13-3-2-12/h4-5,13H,2-3,6,12H2,1H3,(H,14,15). The van der Waals surface area contributed by atoms with Gasteiger partial charge in [-0.25, -0.2) is 13.1 Å². The quantitative estimate of drug-likeness (QED) is 0.659. The number of rotatable bonds is 5. The van der Waals surface area contributed by atoms with Gasteiger partial charge < -0.3 is 20.5 Å². The van der Waals surface area contributed by atoms with Crippen molar-refractivity contribution in [2.45, 2.75) is 4.90 Å². The molecule has 9 heteroatoms. The van der Waals surface area contributed by atoms with E-state index in [1.54, 1.807) is 0 Å². The first-order valence-electron chi connectivity index (χ1n) is 5.82. The van der Waals surface area contributed by atoms with Crippen LogP contribution >= 0.6 is 0 Å². The Balaban J connectivity index is 2.46. The SMILES string of the molecule is COc1cc2c(cc1S(=O)(=O)NCCN)OCC(=O)N2. The molecule has 2 rings (SSSR count). The van der Waals surface area contributed by atoms with Crippen molar-refractivity contribution in [1.82, 2.24) is 4.72 Å².